The van der Waals surface area contributed by atoms with Crippen LogP contribution in [0, 0.1) is 5.92 Å². The molecule has 1 saturated heterocycles. The van der Waals surface area contributed by atoms with Crippen molar-refractivity contribution in [2.45, 2.75) is 25.4 Å². The first-order chi connectivity index (χ1) is 10.4. The maximum absolute atomic E-state index is 12.5. The second-order valence-electron chi connectivity index (χ2n) is 5.13. The van der Waals surface area contributed by atoms with Crippen LogP contribution >= 0.6 is 0 Å². The van der Waals surface area contributed by atoms with Crippen molar-refractivity contribution < 1.29 is 22.7 Å². The van der Waals surface area contributed by atoms with Gasteiger partial charge in [-0.05, 0) is 25.0 Å². The van der Waals surface area contributed by atoms with Gasteiger partial charge in [-0.15, -0.1) is 10.2 Å². The zero-order valence-electron chi connectivity index (χ0n) is 11.5. The topological polar surface area (TPSA) is 67.7 Å². The number of rotatable bonds is 2. The molecule has 0 aliphatic carbocycles. The summed E-state index contributed by atoms with van der Waals surface area (Å²) in [5.41, 5.74) is -0.369. The molecule has 0 atom stereocenters. The number of hydrazone groups is 1. The molecule has 0 saturated carbocycles. The van der Waals surface area contributed by atoms with Crippen LogP contribution in [0.2, 0.25) is 0 Å². The Hall–Kier alpha value is -2.03. The summed E-state index contributed by atoms with van der Waals surface area (Å²) in [6.07, 6.45) is -2.82. The number of nitrogens with zero attached hydrogens (tertiary/aromatic N) is 4. The third-order valence-electron chi connectivity index (χ3n) is 3.65. The molecule has 0 bridgehead atoms. The van der Waals surface area contributed by atoms with E-state index < -0.39 is 11.9 Å². The van der Waals surface area contributed by atoms with Crippen LogP contribution in [0.25, 0.3) is 0 Å². The molecular weight excluding hydrogens is 301 g/mol. The number of carbonyl (C=O) groups is 1. The molecule has 0 aromatic carbocycles. The number of hydrogen-bond acceptors (Lipinski definition) is 5. The molecule has 1 amide bonds. The van der Waals surface area contributed by atoms with E-state index in [4.69, 9.17) is 4.74 Å². The molecule has 3 heterocycles. The van der Waals surface area contributed by atoms with Crippen LogP contribution in [0.4, 0.5) is 19.0 Å². The molecule has 0 N–H and O–H groups in total. The monoisotopic (exact) mass is 314 g/mol. The highest BCUT2D eigenvalue weighted by atomic mass is 19.4. The van der Waals surface area contributed by atoms with Gasteiger partial charge in [-0.1, -0.05) is 0 Å². The lowest BCUT2D eigenvalue weighted by Gasteiger charge is -2.21. The maximum Gasteiger partial charge on any atom is 0.435 e. The summed E-state index contributed by atoms with van der Waals surface area (Å²) in [6, 6.07) is 1.89. The van der Waals surface area contributed by atoms with Crippen molar-refractivity contribution in [3.8, 4) is 0 Å². The molecule has 6 nitrogen and oxygen atoms in total. The number of aromatic nitrogens is 2. The Morgan fingerprint density at radius 3 is 2.50 bits per heavy atom. The quantitative estimate of drug-likeness (QED) is 0.837. The number of hydrogen-bond donors (Lipinski definition) is 0. The van der Waals surface area contributed by atoms with Gasteiger partial charge >= 0.3 is 6.18 Å². The number of halogens is 3. The van der Waals surface area contributed by atoms with Gasteiger partial charge in [0, 0.05) is 19.1 Å². The van der Waals surface area contributed by atoms with E-state index in [1.165, 1.54) is 0 Å². The lowest BCUT2D eigenvalue weighted by molar-refractivity contribution is -0.141. The highest BCUT2D eigenvalue weighted by Crippen LogP contribution is 2.29. The van der Waals surface area contributed by atoms with Crippen molar-refractivity contribution in [3.63, 3.8) is 0 Å². The molecule has 0 unspecified atom stereocenters. The smallest absolute Gasteiger partial charge is 0.381 e. The minimum Gasteiger partial charge on any atom is -0.381 e. The highest BCUT2D eigenvalue weighted by Gasteiger charge is 2.35. The normalized spacial score (nSPS) is 20.4. The van der Waals surface area contributed by atoms with Gasteiger partial charge in [0.2, 0.25) is 0 Å². The van der Waals surface area contributed by atoms with Gasteiger partial charge in [0.1, 0.15) is 0 Å². The summed E-state index contributed by atoms with van der Waals surface area (Å²) in [5.74, 6) is -0.138. The van der Waals surface area contributed by atoms with Crippen molar-refractivity contribution >= 4 is 17.4 Å². The molecule has 1 fully saturated rings. The van der Waals surface area contributed by atoms with Gasteiger partial charge in [0.05, 0.1) is 12.1 Å². The third-order valence-corrected chi connectivity index (χ3v) is 3.65. The molecule has 0 spiro atoms. The van der Waals surface area contributed by atoms with Gasteiger partial charge in [0.15, 0.2) is 11.5 Å². The Kier molecular flexibility index (Phi) is 3.81. The summed E-state index contributed by atoms with van der Waals surface area (Å²) >= 11 is 0. The number of amides is 1. The van der Waals surface area contributed by atoms with Crippen molar-refractivity contribution in [1.82, 2.24) is 10.2 Å². The second-order valence-corrected chi connectivity index (χ2v) is 5.13. The predicted molar refractivity (Wildman–Crippen MR) is 70.1 cm³/mol. The van der Waals surface area contributed by atoms with Crippen LogP contribution in [-0.2, 0) is 15.7 Å². The van der Waals surface area contributed by atoms with E-state index in [1.807, 2.05) is 0 Å². The first kappa shape index (κ1) is 14.9. The van der Waals surface area contributed by atoms with E-state index >= 15 is 0 Å². The minimum absolute atomic E-state index is 0.0000550. The summed E-state index contributed by atoms with van der Waals surface area (Å²) < 4.78 is 42.6. The summed E-state index contributed by atoms with van der Waals surface area (Å²) in [5, 5.41) is 11.8. The van der Waals surface area contributed by atoms with Crippen molar-refractivity contribution in [2.24, 2.45) is 11.0 Å². The molecule has 1 aromatic rings. The van der Waals surface area contributed by atoms with Crippen LogP contribution < -0.4 is 5.01 Å². The molecule has 3 rings (SSSR count). The molecular formula is C13H13F3N4O2. The number of ether oxygens (including phenoxy) is 1. The maximum atomic E-state index is 12.5. The van der Waals surface area contributed by atoms with Crippen LogP contribution in [0.1, 0.15) is 25.0 Å². The zero-order chi connectivity index (χ0) is 15.7. The van der Waals surface area contributed by atoms with Crippen molar-refractivity contribution in [1.29, 1.82) is 0 Å². The average molecular weight is 314 g/mol. The first-order valence-corrected chi connectivity index (χ1v) is 6.84. The number of anilines is 1. The molecule has 2 aliphatic rings. The Morgan fingerprint density at radius 1 is 1.18 bits per heavy atom. The second kappa shape index (κ2) is 5.64. The van der Waals surface area contributed by atoms with Crippen molar-refractivity contribution in [2.75, 3.05) is 18.2 Å². The van der Waals surface area contributed by atoms with E-state index in [2.05, 4.69) is 15.3 Å². The van der Waals surface area contributed by atoms with Crippen LogP contribution in [-0.4, -0.2) is 35.0 Å². The van der Waals surface area contributed by atoms with E-state index in [0.29, 0.717) is 13.2 Å². The van der Waals surface area contributed by atoms with E-state index in [0.717, 1.165) is 35.7 Å². The predicted octanol–water partition coefficient (Wildman–Crippen LogP) is 2.01. The summed E-state index contributed by atoms with van der Waals surface area (Å²) in [6.45, 7) is 1.25. The van der Waals surface area contributed by atoms with Gasteiger partial charge < -0.3 is 4.74 Å². The zero-order valence-corrected chi connectivity index (χ0v) is 11.5. The van der Waals surface area contributed by atoms with Crippen LogP contribution in [0.3, 0.4) is 0 Å². The largest absolute Gasteiger partial charge is 0.435 e. The molecule has 118 valence electrons. The standard InChI is InChI=1S/C13H13F3N4O2/c14-13(15,16)10-1-2-11(18-17-10)20-12(21)7-9(19-20)8-3-5-22-6-4-8/h1-2,8H,3-7H2. The lowest BCUT2D eigenvalue weighted by Crippen LogP contribution is -2.23. The molecule has 2 aliphatic heterocycles. The van der Waals surface area contributed by atoms with E-state index in [9.17, 15) is 18.0 Å². The SMILES string of the molecule is O=C1CC(C2CCOCC2)=NN1c1ccc(C(F)(F)F)nn1. The Morgan fingerprint density at radius 2 is 1.91 bits per heavy atom. The van der Waals surface area contributed by atoms with Gasteiger partial charge in [0.25, 0.3) is 5.91 Å². The average Bonchev–Trinajstić information content (AvgIpc) is 2.89. The number of carbonyl (C=O) groups excluding carboxylic acids is 1. The molecule has 22 heavy (non-hydrogen) atoms. The summed E-state index contributed by atoms with van der Waals surface area (Å²) in [4.78, 5) is 12.0. The van der Waals surface area contributed by atoms with E-state index in [-0.39, 0.29) is 24.1 Å². The first-order valence-electron chi connectivity index (χ1n) is 6.84. The van der Waals surface area contributed by atoms with Gasteiger partial charge in [-0.25, -0.2) is 0 Å². The Labute approximate surface area is 124 Å². The third kappa shape index (κ3) is 2.94. The molecule has 1 aromatic heterocycles. The highest BCUT2D eigenvalue weighted by molar-refractivity contribution is 6.13. The molecule has 0 radical (unpaired) electrons. The van der Waals surface area contributed by atoms with Gasteiger partial charge in [-0.3, -0.25) is 4.79 Å². The Bertz CT molecular complexity index is 594. The fourth-order valence-corrected chi connectivity index (χ4v) is 2.47. The lowest BCUT2D eigenvalue weighted by atomic mass is 9.93. The fourth-order valence-electron chi connectivity index (χ4n) is 2.47. The van der Waals surface area contributed by atoms with Crippen LogP contribution in [0.15, 0.2) is 17.2 Å². The fraction of sp³-hybridized carbons (Fsp3) is 0.538. The van der Waals surface area contributed by atoms with Crippen LogP contribution in [0.5, 0.6) is 0 Å². The number of alkyl halides is 3. The van der Waals surface area contributed by atoms with Crippen molar-refractivity contribution in [3.05, 3.63) is 17.8 Å². The molecule has 9 heteroatoms. The Balaban J connectivity index is 1.79. The van der Waals surface area contributed by atoms with Gasteiger partial charge in [-0.2, -0.15) is 23.3 Å². The minimum atomic E-state index is -4.56. The van der Waals surface area contributed by atoms with E-state index in [1.54, 1.807) is 0 Å². The summed E-state index contributed by atoms with van der Waals surface area (Å²) in [7, 11) is 0.